The lowest BCUT2D eigenvalue weighted by molar-refractivity contribution is -0.274. The number of amides is 1. The standard InChI is InChI=1S/C17H13F3N2O4/c18-17(19,20)26-13-3-1-12(2-4-13)15(23)21-7-9-22-8-5-11-6-10-25-14(11)16(22)24/h1-6,8,10H,7,9H2,(H,21,23). The second kappa shape index (κ2) is 6.95. The summed E-state index contributed by atoms with van der Waals surface area (Å²) in [4.78, 5) is 24.1. The first-order valence-electron chi connectivity index (χ1n) is 7.54. The van der Waals surface area contributed by atoms with Gasteiger partial charge >= 0.3 is 6.36 Å². The van der Waals surface area contributed by atoms with Crippen LogP contribution in [-0.4, -0.2) is 23.4 Å². The van der Waals surface area contributed by atoms with Gasteiger partial charge in [0.05, 0.1) is 6.26 Å². The van der Waals surface area contributed by atoms with E-state index in [0.717, 1.165) is 12.1 Å². The number of halogens is 3. The Morgan fingerprint density at radius 1 is 1.15 bits per heavy atom. The van der Waals surface area contributed by atoms with Crippen molar-refractivity contribution >= 4 is 16.9 Å². The van der Waals surface area contributed by atoms with Crippen LogP contribution >= 0.6 is 0 Å². The molecule has 3 rings (SSSR count). The van der Waals surface area contributed by atoms with Crippen LogP contribution in [0.2, 0.25) is 0 Å². The number of furan rings is 1. The van der Waals surface area contributed by atoms with E-state index in [1.54, 1.807) is 18.3 Å². The van der Waals surface area contributed by atoms with Crippen LogP contribution in [0.15, 0.2) is 58.1 Å². The fraction of sp³-hybridized carbons (Fsp3) is 0.176. The molecule has 0 saturated heterocycles. The summed E-state index contributed by atoms with van der Waals surface area (Å²) in [6.07, 6.45) is -1.77. The maximum absolute atomic E-state index is 12.1. The van der Waals surface area contributed by atoms with Crippen molar-refractivity contribution in [3.8, 4) is 5.75 Å². The molecule has 0 fully saturated rings. The molecule has 0 bridgehead atoms. The number of nitrogens with one attached hydrogen (secondary N) is 1. The molecule has 26 heavy (non-hydrogen) atoms. The summed E-state index contributed by atoms with van der Waals surface area (Å²) in [7, 11) is 0. The second-order valence-electron chi connectivity index (χ2n) is 5.35. The van der Waals surface area contributed by atoms with Gasteiger partial charge in [0.1, 0.15) is 5.75 Å². The highest BCUT2D eigenvalue weighted by Crippen LogP contribution is 2.22. The lowest BCUT2D eigenvalue weighted by Gasteiger charge is -2.10. The summed E-state index contributed by atoms with van der Waals surface area (Å²) in [5.74, 6) is -0.886. The molecule has 0 spiro atoms. The van der Waals surface area contributed by atoms with Crippen LogP contribution in [-0.2, 0) is 6.54 Å². The van der Waals surface area contributed by atoms with Gasteiger partial charge in [0.15, 0.2) is 5.58 Å². The Morgan fingerprint density at radius 3 is 2.58 bits per heavy atom. The summed E-state index contributed by atoms with van der Waals surface area (Å²) in [5.41, 5.74) is 0.0999. The molecule has 1 aromatic carbocycles. The molecule has 2 heterocycles. The monoisotopic (exact) mass is 366 g/mol. The van der Waals surface area contributed by atoms with Crippen LogP contribution in [0.25, 0.3) is 11.0 Å². The van der Waals surface area contributed by atoms with Crippen molar-refractivity contribution in [2.45, 2.75) is 12.9 Å². The number of benzene rings is 1. The van der Waals surface area contributed by atoms with E-state index in [0.29, 0.717) is 5.39 Å². The molecule has 0 aliphatic heterocycles. The molecule has 6 nitrogen and oxygen atoms in total. The summed E-state index contributed by atoms with van der Waals surface area (Å²) in [6.45, 7) is 0.377. The zero-order valence-corrected chi connectivity index (χ0v) is 13.2. The van der Waals surface area contributed by atoms with Crippen molar-refractivity contribution in [3.63, 3.8) is 0 Å². The molecule has 1 N–H and O–H groups in total. The predicted molar refractivity (Wildman–Crippen MR) is 85.9 cm³/mol. The number of nitrogens with zero attached hydrogens (tertiary/aromatic N) is 1. The maximum Gasteiger partial charge on any atom is 0.573 e. The van der Waals surface area contributed by atoms with Gasteiger partial charge in [0, 0.05) is 30.2 Å². The van der Waals surface area contributed by atoms with Crippen molar-refractivity contribution in [1.29, 1.82) is 0 Å². The minimum Gasteiger partial charge on any atom is -0.459 e. The van der Waals surface area contributed by atoms with E-state index in [2.05, 4.69) is 10.1 Å². The van der Waals surface area contributed by atoms with E-state index in [-0.39, 0.29) is 29.8 Å². The lowest BCUT2D eigenvalue weighted by Crippen LogP contribution is -2.30. The van der Waals surface area contributed by atoms with Gasteiger partial charge in [-0.05, 0) is 36.4 Å². The van der Waals surface area contributed by atoms with E-state index in [9.17, 15) is 22.8 Å². The fourth-order valence-corrected chi connectivity index (χ4v) is 2.37. The summed E-state index contributed by atoms with van der Waals surface area (Å²) >= 11 is 0. The molecule has 0 aliphatic rings. The van der Waals surface area contributed by atoms with E-state index in [1.165, 1.54) is 23.0 Å². The highest BCUT2D eigenvalue weighted by molar-refractivity contribution is 5.94. The number of fused-ring (bicyclic) bond motifs is 1. The molecular formula is C17H13F3N2O4. The zero-order chi connectivity index (χ0) is 18.7. The Balaban J connectivity index is 1.58. The highest BCUT2D eigenvalue weighted by Gasteiger charge is 2.31. The van der Waals surface area contributed by atoms with E-state index < -0.39 is 18.0 Å². The first-order valence-corrected chi connectivity index (χ1v) is 7.54. The molecule has 0 radical (unpaired) electrons. The Hall–Kier alpha value is -3.23. The van der Waals surface area contributed by atoms with Crippen LogP contribution in [0.4, 0.5) is 13.2 Å². The second-order valence-corrected chi connectivity index (χ2v) is 5.35. The van der Waals surface area contributed by atoms with Crippen LogP contribution in [0.5, 0.6) is 5.75 Å². The zero-order valence-electron chi connectivity index (χ0n) is 13.2. The maximum atomic E-state index is 12.1. The molecule has 136 valence electrons. The topological polar surface area (TPSA) is 73.5 Å². The third kappa shape index (κ3) is 4.05. The van der Waals surface area contributed by atoms with Gasteiger partial charge in [-0.15, -0.1) is 13.2 Å². The molecule has 0 aliphatic carbocycles. The van der Waals surface area contributed by atoms with Crippen LogP contribution in [0.3, 0.4) is 0 Å². The Kier molecular flexibility index (Phi) is 4.70. The fourth-order valence-electron chi connectivity index (χ4n) is 2.37. The Bertz CT molecular complexity index is 974. The van der Waals surface area contributed by atoms with E-state index in [1.807, 2.05) is 0 Å². The SMILES string of the molecule is O=C(NCCn1ccc2ccoc2c1=O)c1ccc(OC(F)(F)F)cc1. The Labute approximate surface area is 144 Å². The number of ether oxygens (including phenoxy) is 1. The lowest BCUT2D eigenvalue weighted by atomic mass is 10.2. The Morgan fingerprint density at radius 2 is 1.88 bits per heavy atom. The third-order valence-corrected chi connectivity index (χ3v) is 3.57. The molecule has 1 amide bonds. The number of carbonyl (C=O) groups excluding carboxylic acids is 1. The first kappa shape index (κ1) is 17.6. The van der Waals surface area contributed by atoms with Crippen molar-refractivity contribution in [3.05, 3.63) is 64.8 Å². The first-order chi connectivity index (χ1) is 12.3. The molecule has 9 heteroatoms. The normalized spacial score (nSPS) is 11.5. The van der Waals surface area contributed by atoms with Crippen molar-refractivity contribution < 1.29 is 27.1 Å². The number of hydrogen-bond acceptors (Lipinski definition) is 4. The van der Waals surface area contributed by atoms with Crippen molar-refractivity contribution in [2.24, 2.45) is 0 Å². The number of hydrogen-bond donors (Lipinski definition) is 1. The quantitative estimate of drug-likeness (QED) is 0.754. The highest BCUT2D eigenvalue weighted by atomic mass is 19.4. The van der Waals surface area contributed by atoms with Crippen molar-refractivity contribution in [1.82, 2.24) is 9.88 Å². The van der Waals surface area contributed by atoms with Gasteiger partial charge in [-0.25, -0.2) is 0 Å². The summed E-state index contributed by atoms with van der Waals surface area (Å²) in [6, 6.07) is 7.95. The van der Waals surface area contributed by atoms with Gasteiger partial charge in [-0.3, -0.25) is 9.59 Å². The number of carbonyl (C=O) groups is 1. The van der Waals surface area contributed by atoms with E-state index in [4.69, 9.17) is 4.42 Å². The average molecular weight is 366 g/mol. The van der Waals surface area contributed by atoms with Gasteiger partial charge in [0.25, 0.3) is 11.5 Å². The number of rotatable bonds is 5. The molecule has 0 saturated carbocycles. The van der Waals surface area contributed by atoms with Gasteiger partial charge < -0.3 is 19.0 Å². The molecular weight excluding hydrogens is 353 g/mol. The largest absolute Gasteiger partial charge is 0.573 e. The van der Waals surface area contributed by atoms with Crippen LogP contribution < -0.4 is 15.6 Å². The number of alkyl halides is 3. The van der Waals surface area contributed by atoms with Crippen LogP contribution in [0.1, 0.15) is 10.4 Å². The third-order valence-electron chi connectivity index (χ3n) is 3.57. The smallest absolute Gasteiger partial charge is 0.459 e. The van der Waals surface area contributed by atoms with Gasteiger partial charge in [0.2, 0.25) is 0 Å². The van der Waals surface area contributed by atoms with E-state index >= 15 is 0 Å². The van der Waals surface area contributed by atoms with Crippen molar-refractivity contribution in [2.75, 3.05) is 6.54 Å². The summed E-state index contributed by atoms with van der Waals surface area (Å²) < 4.78 is 46.6. The van der Waals surface area contributed by atoms with Crippen LogP contribution in [0, 0.1) is 0 Å². The molecule has 0 unspecified atom stereocenters. The molecule has 2 aromatic heterocycles. The minimum absolute atomic E-state index is 0.158. The number of aromatic nitrogens is 1. The van der Waals surface area contributed by atoms with Gasteiger partial charge in [-0.2, -0.15) is 0 Å². The predicted octanol–water partition coefficient (Wildman–Crippen LogP) is 2.92. The molecule has 0 atom stereocenters. The number of pyridine rings is 1. The minimum atomic E-state index is -4.79. The summed E-state index contributed by atoms with van der Waals surface area (Å²) in [5, 5.41) is 3.28. The van der Waals surface area contributed by atoms with Gasteiger partial charge in [-0.1, -0.05) is 0 Å². The molecule has 3 aromatic rings. The average Bonchev–Trinajstić information content (AvgIpc) is 3.05.